The first-order chi connectivity index (χ1) is 7.76. The molecule has 0 aromatic heterocycles. The Labute approximate surface area is 102 Å². The van der Waals surface area contributed by atoms with Crippen molar-refractivity contribution in [2.75, 3.05) is 6.54 Å². The minimum Gasteiger partial charge on any atom is -0.314 e. The fourth-order valence-corrected chi connectivity index (χ4v) is 2.61. The maximum Gasteiger partial charge on any atom is 0.00671 e. The molecule has 0 radical (unpaired) electrons. The summed E-state index contributed by atoms with van der Waals surface area (Å²) < 4.78 is 0. The predicted molar refractivity (Wildman–Crippen MR) is 72.7 cm³/mol. The van der Waals surface area contributed by atoms with E-state index in [9.17, 15) is 0 Å². The van der Waals surface area contributed by atoms with Crippen molar-refractivity contribution in [3.8, 4) is 0 Å². The van der Waals surface area contributed by atoms with Crippen LogP contribution in [0.25, 0.3) is 0 Å². The largest absolute Gasteiger partial charge is 0.314 e. The SMILES string of the molecule is CCCCC(CC)CC(C)CNC1CCC1. The Morgan fingerprint density at radius 1 is 1.25 bits per heavy atom. The van der Waals surface area contributed by atoms with Crippen molar-refractivity contribution < 1.29 is 0 Å². The number of unbranched alkanes of at least 4 members (excludes halogenated alkanes) is 1. The number of nitrogens with one attached hydrogen (secondary N) is 1. The van der Waals surface area contributed by atoms with Crippen molar-refractivity contribution in [3.05, 3.63) is 0 Å². The summed E-state index contributed by atoms with van der Waals surface area (Å²) in [5.41, 5.74) is 0. The monoisotopic (exact) mass is 225 g/mol. The number of hydrogen-bond acceptors (Lipinski definition) is 1. The van der Waals surface area contributed by atoms with Crippen molar-refractivity contribution >= 4 is 0 Å². The fourth-order valence-electron chi connectivity index (χ4n) is 2.61. The van der Waals surface area contributed by atoms with Gasteiger partial charge in [0.25, 0.3) is 0 Å². The molecule has 1 heteroatoms. The molecule has 1 aliphatic carbocycles. The zero-order chi connectivity index (χ0) is 11.8. The minimum atomic E-state index is 0.859. The maximum atomic E-state index is 3.70. The van der Waals surface area contributed by atoms with Gasteiger partial charge in [0.2, 0.25) is 0 Å². The summed E-state index contributed by atoms with van der Waals surface area (Å²) >= 11 is 0. The van der Waals surface area contributed by atoms with Gasteiger partial charge in [-0.05, 0) is 37.6 Å². The molecule has 1 fully saturated rings. The Balaban J connectivity index is 2.06. The van der Waals surface area contributed by atoms with Crippen molar-refractivity contribution in [2.45, 2.75) is 78.2 Å². The summed E-state index contributed by atoms with van der Waals surface area (Å²) in [6.45, 7) is 8.31. The second-order valence-electron chi connectivity index (χ2n) is 5.79. The lowest BCUT2D eigenvalue weighted by molar-refractivity contribution is 0.291. The van der Waals surface area contributed by atoms with Crippen molar-refractivity contribution in [3.63, 3.8) is 0 Å². The minimum absolute atomic E-state index is 0.859. The molecule has 1 saturated carbocycles. The second-order valence-corrected chi connectivity index (χ2v) is 5.79. The third kappa shape index (κ3) is 5.34. The van der Waals surface area contributed by atoms with E-state index in [0.717, 1.165) is 17.9 Å². The van der Waals surface area contributed by atoms with Crippen LogP contribution in [0.1, 0.15) is 72.1 Å². The number of hydrogen-bond donors (Lipinski definition) is 1. The zero-order valence-corrected chi connectivity index (χ0v) is 11.6. The zero-order valence-electron chi connectivity index (χ0n) is 11.6. The van der Waals surface area contributed by atoms with Crippen LogP contribution in [0, 0.1) is 11.8 Å². The normalized spacial score (nSPS) is 20.4. The fraction of sp³-hybridized carbons (Fsp3) is 1.00. The van der Waals surface area contributed by atoms with Gasteiger partial charge in [0.15, 0.2) is 0 Å². The second kappa shape index (κ2) is 8.11. The van der Waals surface area contributed by atoms with Crippen LogP contribution in [0.15, 0.2) is 0 Å². The molecule has 1 rings (SSSR count). The first-order valence-corrected chi connectivity index (χ1v) is 7.49. The van der Waals surface area contributed by atoms with Crippen LogP contribution in [0.4, 0.5) is 0 Å². The first-order valence-electron chi connectivity index (χ1n) is 7.49. The molecule has 0 bridgehead atoms. The molecule has 0 aromatic carbocycles. The topological polar surface area (TPSA) is 12.0 Å². The first kappa shape index (κ1) is 14.0. The predicted octanol–water partition coefficient (Wildman–Crippen LogP) is 4.37. The molecule has 0 spiro atoms. The average molecular weight is 225 g/mol. The standard InChI is InChI=1S/C15H31N/c1-4-6-8-14(5-2)11-13(3)12-16-15-9-7-10-15/h13-16H,4-12H2,1-3H3. The highest BCUT2D eigenvalue weighted by atomic mass is 14.9. The van der Waals surface area contributed by atoms with Crippen molar-refractivity contribution in [2.24, 2.45) is 11.8 Å². The average Bonchev–Trinajstić information content (AvgIpc) is 2.22. The molecule has 0 aromatic rings. The van der Waals surface area contributed by atoms with Gasteiger partial charge in [0.05, 0.1) is 0 Å². The summed E-state index contributed by atoms with van der Waals surface area (Å²) in [6, 6.07) is 0.859. The van der Waals surface area contributed by atoms with Gasteiger partial charge in [-0.25, -0.2) is 0 Å². The molecule has 0 aliphatic heterocycles. The summed E-state index contributed by atoms with van der Waals surface area (Å²) in [5, 5.41) is 3.70. The van der Waals surface area contributed by atoms with Crippen LogP contribution >= 0.6 is 0 Å². The smallest absolute Gasteiger partial charge is 0.00671 e. The lowest BCUT2D eigenvalue weighted by Gasteiger charge is -2.29. The van der Waals surface area contributed by atoms with Crippen LogP contribution in [-0.2, 0) is 0 Å². The van der Waals surface area contributed by atoms with Gasteiger partial charge < -0.3 is 5.32 Å². The van der Waals surface area contributed by atoms with Crippen molar-refractivity contribution in [1.82, 2.24) is 5.32 Å². The number of rotatable bonds is 9. The van der Waals surface area contributed by atoms with E-state index < -0.39 is 0 Å². The molecule has 1 N–H and O–H groups in total. The Morgan fingerprint density at radius 2 is 2.00 bits per heavy atom. The van der Waals surface area contributed by atoms with Crippen LogP contribution in [0.5, 0.6) is 0 Å². The Kier molecular flexibility index (Phi) is 7.11. The third-order valence-electron chi connectivity index (χ3n) is 4.14. The molecule has 1 nitrogen and oxygen atoms in total. The van der Waals surface area contributed by atoms with E-state index in [0.29, 0.717) is 0 Å². The van der Waals surface area contributed by atoms with E-state index in [4.69, 9.17) is 0 Å². The van der Waals surface area contributed by atoms with E-state index in [1.165, 1.54) is 57.9 Å². The van der Waals surface area contributed by atoms with E-state index in [2.05, 4.69) is 26.1 Å². The molecule has 96 valence electrons. The van der Waals surface area contributed by atoms with E-state index in [1.807, 2.05) is 0 Å². The summed E-state index contributed by atoms with van der Waals surface area (Å²) in [4.78, 5) is 0. The van der Waals surface area contributed by atoms with Gasteiger partial charge in [-0.15, -0.1) is 0 Å². The van der Waals surface area contributed by atoms with Crippen LogP contribution in [0.2, 0.25) is 0 Å². The summed E-state index contributed by atoms with van der Waals surface area (Å²) in [5.74, 6) is 1.83. The lowest BCUT2D eigenvalue weighted by atomic mass is 9.88. The highest BCUT2D eigenvalue weighted by molar-refractivity contribution is 4.77. The van der Waals surface area contributed by atoms with Gasteiger partial charge in [-0.2, -0.15) is 0 Å². The molecular formula is C15H31N. The molecule has 0 heterocycles. The molecule has 0 amide bonds. The summed E-state index contributed by atoms with van der Waals surface area (Å²) in [6.07, 6.45) is 11.3. The maximum absolute atomic E-state index is 3.70. The Morgan fingerprint density at radius 3 is 2.50 bits per heavy atom. The van der Waals surface area contributed by atoms with Gasteiger partial charge >= 0.3 is 0 Å². The highest BCUT2D eigenvalue weighted by Crippen LogP contribution is 2.22. The van der Waals surface area contributed by atoms with Gasteiger partial charge in [-0.1, -0.05) is 52.9 Å². The van der Waals surface area contributed by atoms with E-state index in [-0.39, 0.29) is 0 Å². The van der Waals surface area contributed by atoms with Crippen LogP contribution in [0.3, 0.4) is 0 Å². The van der Waals surface area contributed by atoms with Crippen LogP contribution in [-0.4, -0.2) is 12.6 Å². The summed E-state index contributed by atoms with van der Waals surface area (Å²) in [7, 11) is 0. The van der Waals surface area contributed by atoms with Crippen LogP contribution < -0.4 is 5.32 Å². The van der Waals surface area contributed by atoms with E-state index in [1.54, 1.807) is 0 Å². The molecule has 16 heavy (non-hydrogen) atoms. The van der Waals surface area contributed by atoms with E-state index >= 15 is 0 Å². The van der Waals surface area contributed by atoms with Gasteiger partial charge in [0.1, 0.15) is 0 Å². The Hall–Kier alpha value is -0.0400. The van der Waals surface area contributed by atoms with Gasteiger partial charge in [0, 0.05) is 6.04 Å². The third-order valence-corrected chi connectivity index (χ3v) is 4.14. The molecular weight excluding hydrogens is 194 g/mol. The quantitative estimate of drug-likeness (QED) is 0.614. The Bertz CT molecular complexity index is 163. The molecule has 2 unspecified atom stereocenters. The highest BCUT2D eigenvalue weighted by Gasteiger charge is 2.18. The molecule has 2 atom stereocenters. The van der Waals surface area contributed by atoms with Gasteiger partial charge in [-0.3, -0.25) is 0 Å². The molecule has 0 saturated heterocycles. The molecule has 1 aliphatic rings. The van der Waals surface area contributed by atoms with Crippen molar-refractivity contribution in [1.29, 1.82) is 0 Å². The lowest BCUT2D eigenvalue weighted by Crippen LogP contribution is -2.38.